The van der Waals surface area contributed by atoms with E-state index in [2.05, 4.69) is 24.1 Å². The van der Waals surface area contributed by atoms with Crippen molar-refractivity contribution in [1.82, 2.24) is 10.3 Å². The molecule has 0 saturated carbocycles. The summed E-state index contributed by atoms with van der Waals surface area (Å²) in [4.78, 5) is 14.9. The molecule has 1 aromatic heterocycles. The Morgan fingerprint density at radius 3 is 2.50 bits per heavy atom. The highest BCUT2D eigenvalue weighted by Crippen LogP contribution is 2.14. The van der Waals surface area contributed by atoms with Gasteiger partial charge >= 0.3 is 0 Å². The number of hydrogen-bond acceptors (Lipinski definition) is 1. The zero-order chi connectivity index (χ0) is 13.0. The Morgan fingerprint density at radius 2 is 1.94 bits per heavy atom. The summed E-state index contributed by atoms with van der Waals surface area (Å²) in [7, 11) is 0. The van der Waals surface area contributed by atoms with Gasteiger partial charge < -0.3 is 10.3 Å². The van der Waals surface area contributed by atoms with Crippen LogP contribution in [0, 0.1) is 0 Å². The molecular weight excluding hydrogens is 224 g/mol. The summed E-state index contributed by atoms with van der Waals surface area (Å²) in [6, 6.07) is 11.6. The second-order valence-electron chi connectivity index (χ2n) is 4.65. The molecule has 1 amide bonds. The molecule has 2 aromatic rings. The van der Waals surface area contributed by atoms with E-state index in [1.807, 2.05) is 42.6 Å². The van der Waals surface area contributed by atoms with Crippen molar-refractivity contribution in [3.63, 3.8) is 0 Å². The van der Waals surface area contributed by atoms with Gasteiger partial charge in [-0.1, -0.05) is 26.0 Å². The van der Waals surface area contributed by atoms with Gasteiger partial charge in [-0.3, -0.25) is 4.79 Å². The zero-order valence-electron chi connectivity index (χ0n) is 10.7. The molecule has 1 heterocycles. The van der Waals surface area contributed by atoms with E-state index in [4.69, 9.17) is 0 Å². The summed E-state index contributed by atoms with van der Waals surface area (Å²) >= 11 is 0. The first-order valence-corrected chi connectivity index (χ1v) is 6.17. The van der Waals surface area contributed by atoms with Gasteiger partial charge in [0.05, 0.1) is 6.54 Å². The Hall–Kier alpha value is -2.03. The Kier molecular flexibility index (Phi) is 3.82. The number of carbonyl (C=O) groups excluding carboxylic acids is 1. The summed E-state index contributed by atoms with van der Waals surface area (Å²) in [5.41, 5.74) is 2.95. The van der Waals surface area contributed by atoms with Gasteiger partial charge in [-0.15, -0.1) is 0 Å². The van der Waals surface area contributed by atoms with Crippen LogP contribution in [0.25, 0.3) is 0 Å². The van der Waals surface area contributed by atoms with Crippen LogP contribution in [0.3, 0.4) is 0 Å². The van der Waals surface area contributed by atoms with Crippen molar-refractivity contribution in [3.05, 3.63) is 59.4 Å². The van der Waals surface area contributed by atoms with E-state index >= 15 is 0 Å². The molecule has 2 rings (SSSR count). The Morgan fingerprint density at radius 1 is 1.22 bits per heavy atom. The van der Waals surface area contributed by atoms with Crippen molar-refractivity contribution in [2.24, 2.45) is 0 Å². The van der Waals surface area contributed by atoms with Crippen LogP contribution in [-0.2, 0) is 6.54 Å². The van der Waals surface area contributed by atoms with Gasteiger partial charge in [0.1, 0.15) is 0 Å². The smallest absolute Gasteiger partial charge is 0.251 e. The van der Waals surface area contributed by atoms with E-state index in [9.17, 15) is 4.79 Å². The van der Waals surface area contributed by atoms with Crippen molar-refractivity contribution in [2.75, 3.05) is 0 Å². The highest BCUT2D eigenvalue weighted by Gasteiger charge is 2.06. The molecule has 0 fully saturated rings. The summed E-state index contributed by atoms with van der Waals surface area (Å²) in [5, 5.41) is 2.88. The van der Waals surface area contributed by atoms with E-state index in [1.54, 1.807) is 0 Å². The molecule has 0 bridgehead atoms. The lowest BCUT2D eigenvalue weighted by molar-refractivity contribution is 0.0950. The average Bonchev–Trinajstić information content (AvgIpc) is 2.89. The van der Waals surface area contributed by atoms with Gasteiger partial charge in [-0.05, 0) is 35.7 Å². The number of hydrogen-bond donors (Lipinski definition) is 2. The summed E-state index contributed by atoms with van der Waals surface area (Å²) in [6.45, 7) is 4.80. The molecule has 18 heavy (non-hydrogen) atoms. The highest BCUT2D eigenvalue weighted by molar-refractivity contribution is 5.94. The number of aromatic amines is 1. The molecule has 3 nitrogen and oxygen atoms in total. The topological polar surface area (TPSA) is 44.9 Å². The number of nitrogens with one attached hydrogen (secondary N) is 2. The van der Waals surface area contributed by atoms with Crippen LogP contribution in [0.2, 0.25) is 0 Å². The molecule has 0 aliphatic carbocycles. The minimum atomic E-state index is -0.0418. The number of aromatic nitrogens is 1. The summed E-state index contributed by atoms with van der Waals surface area (Å²) < 4.78 is 0. The lowest BCUT2D eigenvalue weighted by atomic mass is 10.0. The first-order valence-electron chi connectivity index (χ1n) is 6.17. The van der Waals surface area contributed by atoms with Crippen LogP contribution in [0.5, 0.6) is 0 Å². The van der Waals surface area contributed by atoms with Crippen molar-refractivity contribution in [3.8, 4) is 0 Å². The predicted molar refractivity (Wildman–Crippen MR) is 72.5 cm³/mol. The van der Waals surface area contributed by atoms with Crippen LogP contribution >= 0.6 is 0 Å². The second-order valence-corrected chi connectivity index (χ2v) is 4.65. The van der Waals surface area contributed by atoms with E-state index in [0.717, 1.165) is 5.69 Å². The third-order valence-corrected chi connectivity index (χ3v) is 2.94. The van der Waals surface area contributed by atoms with E-state index in [-0.39, 0.29) is 5.91 Å². The number of amides is 1. The van der Waals surface area contributed by atoms with Crippen molar-refractivity contribution >= 4 is 5.91 Å². The monoisotopic (exact) mass is 242 g/mol. The lowest BCUT2D eigenvalue weighted by Crippen LogP contribution is -2.22. The Bertz CT molecular complexity index is 498. The molecule has 0 radical (unpaired) electrons. The SMILES string of the molecule is CC(C)c1ccc(C(=O)NCc2ccc[nH]2)cc1. The van der Waals surface area contributed by atoms with Gasteiger partial charge in [-0.2, -0.15) is 0 Å². The molecule has 3 heteroatoms. The van der Waals surface area contributed by atoms with E-state index < -0.39 is 0 Å². The van der Waals surface area contributed by atoms with Crippen LogP contribution < -0.4 is 5.32 Å². The normalized spacial score (nSPS) is 10.6. The zero-order valence-corrected chi connectivity index (χ0v) is 10.7. The summed E-state index contributed by atoms with van der Waals surface area (Å²) in [6.07, 6.45) is 1.85. The van der Waals surface area contributed by atoms with Crippen LogP contribution in [-0.4, -0.2) is 10.9 Å². The second kappa shape index (κ2) is 5.54. The number of rotatable bonds is 4. The fourth-order valence-corrected chi connectivity index (χ4v) is 1.77. The molecule has 0 aliphatic heterocycles. The first-order chi connectivity index (χ1) is 8.66. The van der Waals surface area contributed by atoms with Crippen LogP contribution in [0.15, 0.2) is 42.6 Å². The van der Waals surface area contributed by atoms with Crippen molar-refractivity contribution in [1.29, 1.82) is 0 Å². The van der Waals surface area contributed by atoms with Gasteiger partial charge in [-0.25, -0.2) is 0 Å². The fraction of sp³-hybridized carbons (Fsp3) is 0.267. The lowest BCUT2D eigenvalue weighted by Gasteiger charge is -2.07. The van der Waals surface area contributed by atoms with Gasteiger partial charge in [0, 0.05) is 17.5 Å². The molecule has 94 valence electrons. The number of H-pyrrole nitrogens is 1. The Balaban J connectivity index is 1.96. The molecule has 0 atom stereocenters. The number of benzene rings is 1. The van der Waals surface area contributed by atoms with Crippen LogP contribution in [0.1, 0.15) is 41.4 Å². The third kappa shape index (κ3) is 3.00. The average molecular weight is 242 g/mol. The minimum absolute atomic E-state index is 0.0418. The highest BCUT2D eigenvalue weighted by atomic mass is 16.1. The number of carbonyl (C=O) groups is 1. The fourth-order valence-electron chi connectivity index (χ4n) is 1.77. The minimum Gasteiger partial charge on any atom is -0.364 e. The maximum Gasteiger partial charge on any atom is 0.251 e. The Labute approximate surface area is 107 Å². The predicted octanol–water partition coefficient (Wildman–Crippen LogP) is 3.07. The first kappa shape index (κ1) is 12.4. The van der Waals surface area contributed by atoms with E-state index in [1.165, 1.54) is 5.56 Å². The maximum atomic E-state index is 11.9. The molecule has 2 N–H and O–H groups in total. The molecule has 0 aliphatic rings. The van der Waals surface area contributed by atoms with Crippen molar-refractivity contribution < 1.29 is 4.79 Å². The standard InChI is InChI=1S/C15H18N2O/c1-11(2)12-5-7-13(8-6-12)15(18)17-10-14-4-3-9-16-14/h3-9,11,16H,10H2,1-2H3,(H,17,18). The largest absolute Gasteiger partial charge is 0.364 e. The molecular formula is C15H18N2O. The molecule has 0 saturated heterocycles. The molecule has 0 unspecified atom stereocenters. The van der Waals surface area contributed by atoms with Gasteiger partial charge in [0.25, 0.3) is 5.91 Å². The van der Waals surface area contributed by atoms with Gasteiger partial charge in [0.15, 0.2) is 0 Å². The third-order valence-electron chi connectivity index (χ3n) is 2.94. The molecule has 0 spiro atoms. The quantitative estimate of drug-likeness (QED) is 0.850. The maximum absolute atomic E-state index is 11.9. The van der Waals surface area contributed by atoms with Crippen LogP contribution in [0.4, 0.5) is 0 Å². The summed E-state index contributed by atoms with van der Waals surface area (Å²) in [5.74, 6) is 0.445. The van der Waals surface area contributed by atoms with Gasteiger partial charge in [0.2, 0.25) is 0 Å². The van der Waals surface area contributed by atoms with E-state index in [0.29, 0.717) is 18.0 Å². The van der Waals surface area contributed by atoms with Crippen molar-refractivity contribution in [2.45, 2.75) is 26.3 Å². The molecule has 1 aromatic carbocycles.